The summed E-state index contributed by atoms with van der Waals surface area (Å²) >= 11 is 0. The second kappa shape index (κ2) is 9.51. The quantitative estimate of drug-likeness (QED) is 0.385. The maximum absolute atomic E-state index is 5.50. The van der Waals surface area contributed by atoms with Gasteiger partial charge in [0.25, 0.3) is 0 Å². The molecule has 0 aliphatic heterocycles. The van der Waals surface area contributed by atoms with E-state index in [-0.39, 0.29) is 0 Å². The Bertz CT molecular complexity index is 571. The van der Waals surface area contributed by atoms with Crippen LogP contribution in [0.1, 0.15) is 33.1 Å². The molecule has 2 N–H and O–H groups in total. The smallest absolute Gasteiger partial charge is 0.195 e. The summed E-state index contributed by atoms with van der Waals surface area (Å²) < 4.78 is 16.1. The summed E-state index contributed by atoms with van der Waals surface area (Å²) in [6.45, 7) is 7.34. The fraction of sp³-hybridized carbons (Fsp3) is 0.632. The van der Waals surface area contributed by atoms with Gasteiger partial charge in [-0.3, -0.25) is 4.99 Å². The summed E-state index contributed by atoms with van der Waals surface area (Å²) in [5.74, 6) is 2.19. The summed E-state index contributed by atoms with van der Waals surface area (Å²) in [7, 11) is 3.27. The lowest BCUT2D eigenvalue weighted by atomic mass is 10.0. The molecule has 0 atom stereocenters. The molecule has 140 valence electrons. The first-order valence-corrected chi connectivity index (χ1v) is 9.01. The second-order valence-corrected chi connectivity index (χ2v) is 6.34. The predicted molar refractivity (Wildman–Crippen MR) is 102 cm³/mol. The van der Waals surface area contributed by atoms with Crippen molar-refractivity contribution in [3.8, 4) is 11.5 Å². The molecule has 0 amide bonds. The monoisotopic (exact) mass is 349 g/mol. The Kier molecular flexibility index (Phi) is 7.37. The lowest BCUT2D eigenvalue weighted by Crippen LogP contribution is -2.31. The standard InChI is InChI=1S/C19H31N3O3/c1-5-20-18(21-14-19(9-10-19)11-12-25-6-2)22-15-7-8-16(23-3)17(13-15)24-4/h7-8,13H,5-6,9-12,14H2,1-4H3,(H2,20,21,22). The number of rotatable bonds is 10. The second-order valence-electron chi connectivity index (χ2n) is 6.34. The first-order valence-electron chi connectivity index (χ1n) is 9.01. The Morgan fingerprint density at radius 2 is 1.92 bits per heavy atom. The molecular formula is C19H31N3O3. The van der Waals surface area contributed by atoms with Crippen LogP contribution in [0.2, 0.25) is 0 Å². The van der Waals surface area contributed by atoms with Crippen LogP contribution in [-0.4, -0.2) is 46.5 Å². The minimum absolute atomic E-state index is 0.328. The van der Waals surface area contributed by atoms with Crippen molar-refractivity contribution >= 4 is 11.6 Å². The molecule has 1 aromatic carbocycles. The Morgan fingerprint density at radius 1 is 1.16 bits per heavy atom. The van der Waals surface area contributed by atoms with Crippen LogP contribution in [0.4, 0.5) is 5.69 Å². The van der Waals surface area contributed by atoms with Crippen LogP contribution in [-0.2, 0) is 4.74 Å². The number of nitrogens with zero attached hydrogens (tertiary/aromatic N) is 1. The van der Waals surface area contributed by atoms with Gasteiger partial charge < -0.3 is 24.8 Å². The molecule has 0 heterocycles. The van der Waals surface area contributed by atoms with E-state index in [4.69, 9.17) is 19.2 Å². The molecule has 25 heavy (non-hydrogen) atoms. The van der Waals surface area contributed by atoms with Crippen molar-refractivity contribution in [1.29, 1.82) is 0 Å². The highest BCUT2D eigenvalue weighted by Crippen LogP contribution is 2.49. The van der Waals surface area contributed by atoms with Gasteiger partial charge in [0.05, 0.1) is 14.2 Å². The number of aliphatic imine (C=N–C) groups is 1. The van der Waals surface area contributed by atoms with Crippen molar-refractivity contribution < 1.29 is 14.2 Å². The number of methoxy groups -OCH3 is 2. The van der Waals surface area contributed by atoms with Gasteiger partial charge in [0.1, 0.15) is 0 Å². The minimum Gasteiger partial charge on any atom is -0.493 e. The van der Waals surface area contributed by atoms with E-state index in [1.165, 1.54) is 12.8 Å². The highest BCUT2D eigenvalue weighted by atomic mass is 16.5. The van der Waals surface area contributed by atoms with E-state index < -0.39 is 0 Å². The maximum atomic E-state index is 5.50. The third kappa shape index (κ3) is 5.81. The summed E-state index contributed by atoms with van der Waals surface area (Å²) in [6, 6.07) is 5.75. The van der Waals surface area contributed by atoms with Crippen molar-refractivity contribution in [3.05, 3.63) is 18.2 Å². The zero-order valence-electron chi connectivity index (χ0n) is 15.9. The van der Waals surface area contributed by atoms with Crippen LogP contribution in [0.3, 0.4) is 0 Å². The third-order valence-electron chi connectivity index (χ3n) is 4.50. The molecule has 0 bridgehead atoms. The van der Waals surface area contributed by atoms with Crippen molar-refractivity contribution in [2.45, 2.75) is 33.1 Å². The molecule has 0 saturated heterocycles. The molecule has 6 heteroatoms. The van der Waals surface area contributed by atoms with E-state index in [9.17, 15) is 0 Å². The number of nitrogens with one attached hydrogen (secondary N) is 2. The summed E-state index contributed by atoms with van der Waals surface area (Å²) in [4.78, 5) is 4.79. The van der Waals surface area contributed by atoms with Crippen LogP contribution in [0.15, 0.2) is 23.2 Å². The van der Waals surface area contributed by atoms with E-state index in [1.54, 1.807) is 14.2 Å². The molecule has 1 aromatic rings. The summed E-state index contributed by atoms with van der Waals surface area (Å²) in [5.41, 5.74) is 1.24. The lowest BCUT2D eigenvalue weighted by molar-refractivity contribution is 0.129. The molecular weight excluding hydrogens is 318 g/mol. The van der Waals surface area contributed by atoms with E-state index in [1.807, 2.05) is 25.1 Å². The highest BCUT2D eigenvalue weighted by molar-refractivity contribution is 5.94. The van der Waals surface area contributed by atoms with E-state index >= 15 is 0 Å². The third-order valence-corrected chi connectivity index (χ3v) is 4.50. The predicted octanol–water partition coefficient (Wildman–Crippen LogP) is 3.29. The Hall–Kier alpha value is -1.95. The van der Waals surface area contributed by atoms with Crippen molar-refractivity contribution in [2.24, 2.45) is 10.4 Å². The average Bonchev–Trinajstić information content (AvgIpc) is 3.40. The van der Waals surface area contributed by atoms with Crippen molar-refractivity contribution in [1.82, 2.24) is 5.32 Å². The van der Waals surface area contributed by atoms with Crippen LogP contribution in [0, 0.1) is 5.41 Å². The number of ether oxygens (including phenoxy) is 3. The van der Waals surface area contributed by atoms with Crippen LogP contribution in [0.25, 0.3) is 0 Å². The summed E-state index contributed by atoms with van der Waals surface area (Å²) in [6.07, 6.45) is 3.55. The van der Waals surface area contributed by atoms with E-state index in [0.29, 0.717) is 16.9 Å². The van der Waals surface area contributed by atoms with E-state index in [2.05, 4.69) is 17.6 Å². The normalized spacial score (nSPS) is 15.6. The highest BCUT2D eigenvalue weighted by Gasteiger charge is 2.41. The average molecular weight is 349 g/mol. The largest absolute Gasteiger partial charge is 0.493 e. The Balaban J connectivity index is 2.00. The number of hydrogen-bond acceptors (Lipinski definition) is 4. The molecule has 1 saturated carbocycles. The topological polar surface area (TPSA) is 64.1 Å². The van der Waals surface area contributed by atoms with Gasteiger partial charge in [-0.05, 0) is 50.7 Å². The van der Waals surface area contributed by atoms with Gasteiger partial charge in [-0.1, -0.05) is 0 Å². The molecule has 1 aliphatic carbocycles. The lowest BCUT2D eigenvalue weighted by Gasteiger charge is -2.16. The number of anilines is 1. The minimum atomic E-state index is 0.328. The number of guanidine groups is 1. The zero-order valence-corrected chi connectivity index (χ0v) is 15.9. The van der Waals surface area contributed by atoms with Crippen molar-refractivity contribution in [3.63, 3.8) is 0 Å². The first-order chi connectivity index (χ1) is 12.2. The number of hydrogen-bond donors (Lipinski definition) is 2. The fourth-order valence-electron chi connectivity index (χ4n) is 2.70. The van der Waals surface area contributed by atoms with Gasteiger partial charge in [-0.2, -0.15) is 0 Å². The zero-order chi connectivity index (χ0) is 18.1. The van der Waals surface area contributed by atoms with Gasteiger partial charge in [-0.15, -0.1) is 0 Å². The Labute approximate surface area is 151 Å². The molecule has 6 nitrogen and oxygen atoms in total. The fourth-order valence-corrected chi connectivity index (χ4v) is 2.70. The Morgan fingerprint density at radius 3 is 2.52 bits per heavy atom. The molecule has 0 unspecified atom stereocenters. The number of benzene rings is 1. The van der Waals surface area contributed by atoms with Crippen LogP contribution >= 0.6 is 0 Å². The molecule has 1 aliphatic rings. The maximum Gasteiger partial charge on any atom is 0.195 e. The molecule has 1 fully saturated rings. The SMILES string of the molecule is CCNC(=NCC1(CCOCC)CC1)Nc1ccc(OC)c(OC)c1. The van der Waals surface area contributed by atoms with Gasteiger partial charge in [-0.25, -0.2) is 0 Å². The van der Waals surface area contributed by atoms with Crippen molar-refractivity contribution in [2.75, 3.05) is 45.8 Å². The summed E-state index contributed by atoms with van der Waals surface area (Å²) in [5, 5.41) is 6.65. The van der Waals surface area contributed by atoms with Crippen LogP contribution in [0.5, 0.6) is 11.5 Å². The van der Waals surface area contributed by atoms with Crippen LogP contribution < -0.4 is 20.1 Å². The molecule has 0 spiro atoms. The first kappa shape index (κ1) is 19.4. The van der Waals surface area contributed by atoms with Gasteiger partial charge in [0, 0.05) is 38.1 Å². The van der Waals surface area contributed by atoms with Gasteiger partial charge >= 0.3 is 0 Å². The molecule has 0 aromatic heterocycles. The van der Waals surface area contributed by atoms with Gasteiger partial charge in [0.2, 0.25) is 0 Å². The molecule has 2 rings (SSSR count). The van der Waals surface area contributed by atoms with Gasteiger partial charge in [0.15, 0.2) is 17.5 Å². The molecule has 0 radical (unpaired) electrons. The van der Waals surface area contributed by atoms with E-state index in [0.717, 1.165) is 44.4 Å².